The van der Waals surface area contributed by atoms with Gasteiger partial charge in [0.05, 0.1) is 23.2 Å². The van der Waals surface area contributed by atoms with E-state index in [1.807, 2.05) is 65.1 Å². The van der Waals surface area contributed by atoms with Gasteiger partial charge in [0.15, 0.2) is 0 Å². The lowest BCUT2D eigenvalue weighted by Gasteiger charge is -2.14. The molecule has 0 saturated heterocycles. The molecule has 0 saturated carbocycles. The van der Waals surface area contributed by atoms with Crippen LogP contribution in [-0.4, -0.2) is 18.2 Å². The molecule has 3 nitrogen and oxygen atoms in total. The molecule has 0 spiro atoms. The summed E-state index contributed by atoms with van der Waals surface area (Å²) in [7, 11) is 1.84. The molecule has 1 unspecified atom stereocenters. The summed E-state index contributed by atoms with van der Waals surface area (Å²) >= 11 is 0. The second-order valence-electron chi connectivity index (χ2n) is 6.91. The molecule has 2 aromatic rings. The molecule has 1 N–H and O–H groups in total. The molecule has 1 atom stereocenters. The van der Waals surface area contributed by atoms with E-state index in [9.17, 15) is 9.65 Å². The third-order valence-electron chi connectivity index (χ3n) is 4.65. The summed E-state index contributed by atoms with van der Waals surface area (Å²) in [5, 5.41) is 12.8. The lowest BCUT2D eigenvalue weighted by molar-refractivity contribution is 0.254. The van der Waals surface area contributed by atoms with Crippen LogP contribution in [0.1, 0.15) is 43.2 Å². The number of benzene rings is 1. The standard InChI is InChI=1S/C22H26FN3/c1-14(2)21(23)11-17-7-6-15(3)19(10-17)20(12-24)16(4)22-9-8-18(25-5)13-26-22/h6-10,13-14,21,25H,11H2,1-5H3/b20-16+. The summed E-state index contributed by atoms with van der Waals surface area (Å²) in [5.74, 6) is -0.0256. The minimum atomic E-state index is -0.892. The fourth-order valence-electron chi connectivity index (χ4n) is 2.76. The van der Waals surface area contributed by atoms with Gasteiger partial charge in [-0.3, -0.25) is 4.98 Å². The Morgan fingerprint density at radius 3 is 2.54 bits per heavy atom. The molecule has 0 aliphatic carbocycles. The summed E-state index contributed by atoms with van der Waals surface area (Å²) in [6.45, 7) is 7.63. The monoisotopic (exact) mass is 351 g/mol. The van der Waals surface area contributed by atoms with Gasteiger partial charge in [0.1, 0.15) is 12.2 Å². The molecular formula is C22H26FN3. The number of aromatic nitrogens is 1. The molecule has 0 amide bonds. The van der Waals surface area contributed by atoms with E-state index in [1.165, 1.54) is 0 Å². The first-order chi connectivity index (χ1) is 12.4. The maximum Gasteiger partial charge on any atom is 0.106 e. The summed E-state index contributed by atoms with van der Waals surface area (Å²) < 4.78 is 14.1. The van der Waals surface area contributed by atoms with Crippen molar-refractivity contribution in [3.63, 3.8) is 0 Å². The number of pyridine rings is 1. The number of nitrogens with zero attached hydrogens (tertiary/aromatic N) is 2. The summed E-state index contributed by atoms with van der Waals surface area (Å²) in [4.78, 5) is 4.44. The Hall–Kier alpha value is -2.67. The predicted octanol–water partition coefficient (Wildman–Crippen LogP) is 5.42. The molecule has 0 aliphatic rings. The van der Waals surface area contributed by atoms with Crippen molar-refractivity contribution in [2.24, 2.45) is 5.92 Å². The van der Waals surface area contributed by atoms with Crippen LogP contribution in [0, 0.1) is 24.2 Å². The average molecular weight is 351 g/mol. The normalized spacial score (nSPS) is 13.2. The van der Waals surface area contributed by atoms with Crippen LogP contribution in [0.3, 0.4) is 0 Å². The van der Waals surface area contributed by atoms with E-state index in [0.29, 0.717) is 12.0 Å². The van der Waals surface area contributed by atoms with Crippen LogP contribution in [0.4, 0.5) is 10.1 Å². The molecule has 2 rings (SSSR count). The SMILES string of the molecule is CNc1ccc(/C(C)=C(\C#N)c2cc(CC(F)C(C)C)ccc2C)nc1. The number of nitrogens with one attached hydrogen (secondary N) is 1. The Kier molecular flexibility index (Phi) is 6.52. The summed E-state index contributed by atoms with van der Waals surface area (Å²) in [6.07, 6.45) is 1.21. The Morgan fingerprint density at radius 2 is 2.00 bits per heavy atom. The molecule has 1 aromatic heterocycles. The smallest absolute Gasteiger partial charge is 0.106 e. The van der Waals surface area contributed by atoms with E-state index in [4.69, 9.17) is 0 Å². The highest BCUT2D eigenvalue weighted by Gasteiger charge is 2.15. The van der Waals surface area contributed by atoms with Gasteiger partial charge in [-0.05, 0) is 54.2 Å². The highest BCUT2D eigenvalue weighted by Crippen LogP contribution is 2.29. The van der Waals surface area contributed by atoms with Crippen LogP contribution >= 0.6 is 0 Å². The lowest BCUT2D eigenvalue weighted by Crippen LogP contribution is -2.12. The van der Waals surface area contributed by atoms with Crippen molar-refractivity contribution in [3.05, 3.63) is 58.9 Å². The third-order valence-corrected chi connectivity index (χ3v) is 4.65. The van der Waals surface area contributed by atoms with Gasteiger partial charge < -0.3 is 5.32 Å². The number of hydrogen-bond acceptors (Lipinski definition) is 3. The van der Waals surface area contributed by atoms with Crippen LogP contribution in [0.15, 0.2) is 36.5 Å². The molecule has 0 radical (unpaired) electrons. The molecule has 0 aliphatic heterocycles. The van der Waals surface area contributed by atoms with Gasteiger partial charge in [-0.25, -0.2) is 4.39 Å². The zero-order chi connectivity index (χ0) is 19.3. The van der Waals surface area contributed by atoms with Crippen molar-refractivity contribution in [1.82, 2.24) is 4.98 Å². The van der Waals surface area contributed by atoms with E-state index >= 15 is 0 Å². The Balaban J connectivity index is 2.46. The van der Waals surface area contributed by atoms with Crippen molar-refractivity contribution in [2.45, 2.75) is 40.3 Å². The zero-order valence-electron chi connectivity index (χ0n) is 16.1. The van der Waals surface area contributed by atoms with Gasteiger partial charge in [0.25, 0.3) is 0 Å². The Morgan fingerprint density at radius 1 is 1.27 bits per heavy atom. The first-order valence-corrected chi connectivity index (χ1v) is 8.86. The van der Waals surface area contributed by atoms with Crippen LogP contribution in [0.5, 0.6) is 0 Å². The first kappa shape index (κ1) is 19.7. The largest absolute Gasteiger partial charge is 0.387 e. The second-order valence-corrected chi connectivity index (χ2v) is 6.91. The number of hydrogen-bond donors (Lipinski definition) is 1. The van der Waals surface area contributed by atoms with Crippen molar-refractivity contribution in [1.29, 1.82) is 5.26 Å². The topological polar surface area (TPSA) is 48.7 Å². The number of aryl methyl sites for hydroxylation is 1. The van der Waals surface area contributed by atoms with Crippen LogP contribution in [-0.2, 0) is 6.42 Å². The van der Waals surface area contributed by atoms with E-state index in [1.54, 1.807) is 6.20 Å². The van der Waals surface area contributed by atoms with Crippen LogP contribution in [0.2, 0.25) is 0 Å². The quantitative estimate of drug-likeness (QED) is 0.707. The molecule has 4 heteroatoms. The van der Waals surface area contributed by atoms with Gasteiger partial charge in [0.2, 0.25) is 0 Å². The molecular weight excluding hydrogens is 325 g/mol. The minimum absolute atomic E-state index is 0.0256. The number of allylic oxidation sites excluding steroid dienone is 2. The number of rotatable bonds is 6. The van der Waals surface area contributed by atoms with Crippen molar-refractivity contribution >= 4 is 16.8 Å². The average Bonchev–Trinajstić information content (AvgIpc) is 2.64. The zero-order valence-corrected chi connectivity index (χ0v) is 16.1. The van der Waals surface area contributed by atoms with Crippen molar-refractivity contribution in [2.75, 3.05) is 12.4 Å². The highest BCUT2D eigenvalue weighted by molar-refractivity contribution is 5.96. The molecule has 0 bridgehead atoms. The lowest BCUT2D eigenvalue weighted by atomic mass is 9.92. The Labute approximate surface area is 155 Å². The predicted molar refractivity (Wildman–Crippen MR) is 107 cm³/mol. The van der Waals surface area contributed by atoms with Gasteiger partial charge >= 0.3 is 0 Å². The van der Waals surface area contributed by atoms with Gasteiger partial charge in [0, 0.05) is 13.5 Å². The van der Waals surface area contributed by atoms with Crippen molar-refractivity contribution < 1.29 is 4.39 Å². The number of anilines is 1. The molecule has 136 valence electrons. The van der Waals surface area contributed by atoms with Crippen molar-refractivity contribution in [3.8, 4) is 6.07 Å². The highest BCUT2D eigenvalue weighted by atomic mass is 19.1. The van der Waals surface area contributed by atoms with E-state index in [-0.39, 0.29) is 5.92 Å². The maximum absolute atomic E-state index is 14.1. The fourth-order valence-corrected chi connectivity index (χ4v) is 2.76. The molecule has 1 heterocycles. The van der Waals surface area contributed by atoms with E-state index in [2.05, 4.69) is 16.4 Å². The second kappa shape index (κ2) is 8.62. The summed E-state index contributed by atoms with van der Waals surface area (Å²) in [5.41, 5.74) is 5.82. The number of alkyl halides is 1. The number of halogens is 1. The maximum atomic E-state index is 14.1. The van der Waals surface area contributed by atoms with Crippen LogP contribution in [0.25, 0.3) is 11.1 Å². The number of nitriles is 1. The Bertz CT molecular complexity index is 829. The fraction of sp³-hybridized carbons (Fsp3) is 0.364. The van der Waals surface area contributed by atoms with Gasteiger partial charge in [-0.2, -0.15) is 5.26 Å². The third kappa shape index (κ3) is 4.49. The minimum Gasteiger partial charge on any atom is -0.387 e. The van der Waals surface area contributed by atoms with E-state index in [0.717, 1.165) is 33.6 Å². The van der Waals surface area contributed by atoms with E-state index < -0.39 is 6.17 Å². The summed E-state index contributed by atoms with van der Waals surface area (Å²) in [6, 6.07) is 12.0. The van der Waals surface area contributed by atoms with Gasteiger partial charge in [-0.1, -0.05) is 32.0 Å². The molecule has 26 heavy (non-hydrogen) atoms. The molecule has 0 fully saturated rings. The van der Waals surface area contributed by atoms with Gasteiger partial charge in [-0.15, -0.1) is 0 Å². The molecule has 1 aromatic carbocycles. The first-order valence-electron chi connectivity index (χ1n) is 8.86. The van der Waals surface area contributed by atoms with Crippen LogP contribution < -0.4 is 5.32 Å².